The zero-order chi connectivity index (χ0) is 21.9. The predicted octanol–water partition coefficient (Wildman–Crippen LogP) is 5.37. The third-order valence-electron chi connectivity index (χ3n) is 4.36. The molecule has 0 radical (unpaired) electrons. The molecule has 0 aliphatic rings. The van der Waals surface area contributed by atoms with Crippen LogP contribution in [0.2, 0.25) is 0 Å². The molecule has 0 fully saturated rings. The standard InChI is InChI=1S/C20H18F6O3/c1-18(17(27)28-2,12-29-11-13-6-4-3-5-7-13)14-8-15(19(21,22)23)10-16(9-14)20(24,25)26/h3-10H,11-12H2,1-2H3. The molecule has 2 rings (SSSR count). The van der Waals surface area contributed by atoms with Crippen molar-refractivity contribution in [2.45, 2.75) is 31.3 Å². The maximum Gasteiger partial charge on any atom is 0.416 e. The summed E-state index contributed by atoms with van der Waals surface area (Å²) in [7, 11) is 0.996. The van der Waals surface area contributed by atoms with Crippen LogP contribution < -0.4 is 0 Å². The van der Waals surface area contributed by atoms with Crippen molar-refractivity contribution in [1.29, 1.82) is 0 Å². The lowest BCUT2D eigenvalue weighted by molar-refractivity contribution is -0.151. The van der Waals surface area contributed by atoms with E-state index >= 15 is 0 Å². The number of halogens is 6. The van der Waals surface area contributed by atoms with Crippen LogP contribution in [0, 0.1) is 0 Å². The fourth-order valence-electron chi connectivity index (χ4n) is 2.71. The van der Waals surface area contributed by atoms with Gasteiger partial charge in [0, 0.05) is 0 Å². The summed E-state index contributed by atoms with van der Waals surface area (Å²) in [4.78, 5) is 12.3. The maximum atomic E-state index is 13.2. The molecule has 1 unspecified atom stereocenters. The Morgan fingerprint density at radius 3 is 1.79 bits per heavy atom. The number of carbonyl (C=O) groups excluding carboxylic acids is 1. The minimum Gasteiger partial charge on any atom is -0.468 e. The summed E-state index contributed by atoms with van der Waals surface area (Å²) in [5.41, 5.74) is -4.69. The molecule has 3 nitrogen and oxygen atoms in total. The molecule has 0 N–H and O–H groups in total. The third-order valence-corrected chi connectivity index (χ3v) is 4.36. The quantitative estimate of drug-likeness (QED) is 0.466. The summed E-state index contributed by atoms with van der Waals surface area (Å²) >= 11 is 0. The van der Waals surface area contributed by atoms with Crippen LogP contribution in [0.3, 0.4) is 0 Å². The lowest BCUT2D eigenvalue weighted by atomic mass is 9.81. The second-order valence-electron chi connectivity index (χ2n) is 6.60. The number of ether oxygens (including phenoxy) is 2. The topological polar surface area (TPSA) is 35.5 Å². The van der Waals surface area contributed by atoms with Crippen molar-refractivity contribution in [3.8, 4) is 0 Å². The van der Waals surface area contributed by atoms with E-state index in [1.807, 2.05) is 0 Å². The Hall–Kier alpha value is -2.55. The lowest BCUT2D eigenvalue weighted by Gasteiger charge is -2.28. The van der Waals surface area contributed by atoms with E-state index in [-0.39, 0.29) is 12.7 Å². The fraction of sp³-hybridized carbons (Fsp3) is 0.350. The van der Waals surface area contributed by atoms with Gasteiger partial charge in [0.25, 0.3) is 0 Å². The largest absolute Gasteiger partial charge is 0.468 e. The number of hydrogen-bond donors (Lipinski definition) is 0. The number of esters is 1. The van der Waals surface area contributed by atoms with Gasteiger partial charge in [0.1, 0.15) is 5.41 Å². The van der Waals surface area contributed by atoms with E-state index in [9.17, 15) is 31.1 Å². The summed E-state index contributed by atoms with van der Waals surface area (Å²) in [6, 6.07) is 9.72. The van der Waals surface area contributed by atoms with Crippen molar-refractivity contribution in [1.82, 2.24) is 0 Å². The molecule has 0 saturated carbocycles. The smallest absolute Gasteiger partial charge is 0.416 e. The molecule has 2 aromatic rings. The normalized spacial score (nSPS) is 14.3. The average molecular weight is 420 g/mol. The molecule has 0 spiro atoms. The van der Waals surface area contributed by atoms with Crippen LogP contribution >= 0.6 is 0 Å². The molecule has 2 aromatic carbocycles. The van der Waals surface area contributed by atoms with E-state index in [4.69, 9.17) is 4.74 Å². The number of alkyl halides is 6. The Bertz CT molecular complexity index is 813. The van der Waals surface area contributed by atoms with Crippen LogP contribution in [0.1, 0.15) is 29.2 Å². The molecule has 29 heavy (non-hydrogen) atoms. The Morgan fingerprint density at radius 2 is 1.34 bits per heavy atom. The monoisotopic (exact) mass is 420 g/mol. The summed E-state index contributed by atoms with van der Waals surface area (Å²) in [5.74, 6) is -1.02. The summed E-state index contributed by atoms with van der Waals surface area (Å²) in [6.45, 7) is 0.713. The minimum atomic E-state index is -5.03. The predicted molar refractivity (Wildman–Crippen MR) is 91.9 cm³/mol. The highest BCUT2D eigenvalue weighted by Crippen LogP contribution is 2.39. The number of benzene rings is 2. The summed E-state index contributed by atoms with van der Waals surface area (Å²) in [5, 5.41) is 0. The Labute approximate surface area is 163 Å². The molecule has 1 atom stereocenters. The van der Waals surface area contributed by atoms with Gasteiger partial charge in [-0.3, -0.25) is 4.79 Å². The van der Waals surface area contributed by atoms with Gasteiger partial charge in [-0.15, -0.1) is 0 Å². The second kappa shape index (κ2) is 8.44. The zero-order valence-corrected chi connectivity index (χ0v) is 15.5. The summed E-state index contributed by atoms with van der Waals surface area (Å²) in [6.07, 6.45) is -10.1. The van der Waals surface area contributed by atoms with E-state index in [2.05, 4.69) is 4.74 Å². The van der Waals surface area contributed by atoms with Crippen molar-refractivity contribution >= 4 is 5.97 Å². The van der Waals surface area contributed by atoms with Gasteiger partial charge in [0.15, 0.2) is 0 Å². The SMILES string of the molecule is COC(=O)C(C)(COCc1ccccc1)c1cc(C(F)(F)F)cc(C(F)(F)F)c1. The molecular formula is C20H18F6O3. The highest BCUT2D eigenvalue weighted by Gasteiger charge is 2.42. The van der Waals surface area contributed by atoms with E-state index < -0.39 is 47.0 Å². The first-order chi connectivity index (χ1) is 13.4. The minimum absolute atomic E-state index is 0.00598. The van der Waals surface area contributed by atoms with Gasteiger partial charge in [-0.1, -0.05) is 30.3 Å². The summed E-state index contributed by atoms with van der Waals surface area (Å²) < 4.78 is 89.1. The first kappa shape index (κ1) is 22.7. The molecule has 0 aliphatic heterocycles. The van der Waals surface area contributed by atoms with Crippen molar-refractivity contribution in [2.24, 2.45) is 0 Å². The van der Waals surface area contributed by atoms with E-state index in [1.54, 1.807) is 30.3 Å². The van der Waals surface area contributed by atoms with Crippen LogP contribution in [-0.2, 0) is 38.6 Å². The Morgan fingerprint density at radius 1 is 0.862 bits per heavy atom. The molecule has 0 saturated heterocycles. The zero-order valence-electron chi connectivity index (χ0n) is 15.5. The van der Waals surface area contributed by atoms with Crippen LogP contribution in [0.5, 0.6) is 0 Å². The van der Waals surface area contributed by atoms with Crippen molar-refractivity contribution in [3.05, 3.63) is 70.8 Å². The van der Waals surface area contributed by atoms with E-state index in [0.29, 0.717) is 12.1 Å². The van der Waals surface area contributed by atoms with Crippen molar-refractivity contribution < 1.29 is 40.6 Å². The van der Waals surface area contributed by atoms with Crippen LogP contribution in [0.4, 0.5) is 26.3 Å². The van der Waals surface area contributed by atoms with Gasteiger partial charge in [0.2, 0.25) is 0 Å². The maximum absolute atomic E-state index is 13.2. The fourth-order valence-corrected chi connectivity index (χ4v) is 2.71. The van der Waals surface area contributed by atoms with E-state index in [0.717, 1.165) is 12.7 Å². The molecule has 0 amide bonds. The Balaban J connectivity index is 2.46. The van der Waals surface area contributed by atoms with Gasteiger partial charge >= 0.3 is 18.3 Å². The number of hydrogen-bond acceptors (Lipinski definition) is 3. The highest BCUT2D eigenvalue weighted by atomic mass is 19.4. The van der Waals surface area contributed by atoms with Gasteiger partial charge in [0.05, 0.1) is 31.5 Å². The lowest BCUT2D eigenvalue weighted by Crippen LogP contribution is -2.39. The van der Waals surface area contributed by atoms with Gasteiger partial charge in [-0.2, -0.15) is 26.3 Å². The van der Waals surface area contributed by atoms with Crippen LogP contribution in [0.15, 0.2) is 48.5 Å². The number of rotatable bonds is 6. The molecule has 0 aromatic heterocycles. The van der Waals surface area contributed by atoms with Crippen molar-refractivity contribution in [3.63, 3.8) is 0 Å². The molecule has 9 heteroatoms. The average Bonchev–Trinajstić information content (AvgIpc) is 2.66. The Kier molecular flexibility index (Phi) is 6.62. The van der Waals surface area contributed by atoms with Gasteiger partial charge in [-0.25, -0.2) is 0 Å². The molecule has 158 valence electrons. The first-order valence-electron chi connectivity index (χ1n) is 8.38. The third kappa shape index (κ3) is 5.50. The first-order valence-corrected chi connectivity index (χ1v) is 8.38. The van der Waals surface area contributed by atoms with Crippen LogP contribution in [0.25, 0.3) is 0 Å². The van der Waals surface area contributed by atoms with Crippen molar-refractivity contribution in [2.75, 3.05) is 13.7 Å². The molecule has 0 heterocycles. The second-order valence-corrected chi connectivity index (χ2v) is 6.60. The van der Waals surface area contributed by atoms with Crippen LogP contribution in [-0.4, -0.2) is 19.7 Å². The molecule has 0 bridgehead atoms. The number of carbonyl (C=O) groups is 1. The van der Waals surface area contributed by atoms with Gasteiger partial charge < -0.3 is 9.47 Å². The van der Waals surface area contributed by atoms with Gasteiger partial charge in [-0.05, 0) is 36.2 Å². The van der Waals surface area contributed by atoms with E-state index in [1.165, 1.54) is 6.92 Å². The highest BCUT2D eigenvalue weighted by molar-refractivity contribution is 5.83. The molecular weight excluding hydrogens is 402 g/mol. The number of methoxy groups -OCH3 is 1. The molecule has 0 aliphatic carbocycles.